The van der Waals surface area contributed by atoms with Gasteiger partial charge >= 0.3 is 0 Å². The van der Waals surface area contributed by atoms with E-state index in [4.69, 9.17) is 5.11 Å². The van der Waals surface area contributed by atoms with Crippen LogP contribution in [0, 0.1) is 6.92 Å². The summed E-state index contributed by atoms with van der Waals surface area (Å²) in [6, 6.07) is 0. The van der Waals surface area contributed by atoms with E-state index in [2.05, 4.69) is 6.92 Å². The predicted octanol–water partition coefficient (Wildman–Crippen LogP) is 1.15. The van der Waals surface area contributed by atoms with Crippen LogP contribution in [0.5, 0.6) is 0 Å². The molecule has 0 saturated carbocycles. The third-order valence-electron chi connectivity index (χ3n) is 0.526. The molecule has 1 heteroatoms. The minimum Gasteiger partial charge on any atom is -0.386 e. The van der Waals surface area contributed by atoms with Crippen molar-refractivity contribution in [3.63, 3.8) is 0 Å². The maximum Gasteiger partial charge on any atom is 0.0771 e. The van der Waals surface area contributed by atoms with Gasteiger partial charge in [0.15, 0.2) is 0 Å². The number of aliphatic hydroxyl groups is 1. The van der Waals surface area contributed by atoms with Gasteiger partial charge in [-0.05, 0) is 20.8 Å². The molecule has 0 heterocycles. The molecule has 0 spiro atoms. The number of hydrogen-bond donors (Lipinski definition) is 1. The molecule has 0 aliphatic rings. The highest BCUT2D eigenvalue weighted by Gasteiger charge is 2.03. The molecular formula is C6H11O. The summed E-state index contributed by atoms with van der Waals surface area (Å²) in [5, 5.41) is 8.89. The Hall–Kier alpha value is -0.300. The second-order valence-corrected chi connectivity index (χ2v) is 2.06. The van der Waals surface area contributed by atoms with E-state index in [-0.39, 0.29) is 0 Å². The predicted molar refractivity (Wildman–Crippen MR) is 30.8 cm³/mol. The van der Waals surface area contributed by atoms with Gasteiger partial charge in [0.25, 0.3) is 0 Å². The normalized spacial score (nSPS) is 13.1. The molecule has 0 aliphatic heterocycles. The molecule has 0 unspecified atom stereocenters. The zero-order valence-corrected chi connectivity index (χ0v) is 4.81. The summed E-state index contributed by atoms with van der Waals surface area (Å²) >= 11 is 0. The Balaban J connectivity index is 3.56. The van der Waals surface area contributed by atoms with Crippen molar-refractivity contribution in [3.8, 4) is 0 Å². The molecule has 0 saturated heterocycles. The Kier molecular flexibility index (Phi) is 2.03. The topological polar surface area (TPSA) is 20.2 Å². The summed E-state index contributed by atoms with van der Waals surface area (Å²) < 4.78 is 0. The number of allylic oxidation sites excluding steroid dienone is 1. The summed E-state index contributed by atoms with van der Waals surface area (Å²) in [5.41, 5.74) is -0.693. The molecule has 0 aromatic heterocycles. The summed E-state index contributed by atoms with van der Waals surface area (Å²) in [4.78, 5) is 0. The van der Waals surface area contributed by atoms with Crippen LogP contribution in [0.15, 0.2) is 12.2 Å². The van der Waals surface area contributed by atoms with Gasteiger partial charge in [-0.3, -0.25) is 0 Å². The highest BCUT2D eigenvalue weighted by atomic mass is 16.3. The quantitative estimate of drug-likeness (QED) is 0.522. The minimum atomic E-state index is -0.693. The van der Waals surface area contributed by atoms with Gasteiger partial charge in [0.1, 0.15) is 0 Å². The number of rotatable bonds is 1. The van der Waals surface area contributed by atoms with Crippen LogP contribution >= 0.6 is 0 Å². The molecule has 1 nitrogen and oxygen atoms in total. The average molecular weight is 99.2 g/mol. The second-order valence-electron chi connectivity index (χ2n) is 2.06. The van der Waals surface area contributed by atoms with Crippen LogP contribution in [0.3, 0.4) is 0 Å². The first-order valence-electron chi connectivity index (χ1n) is 2.25. The Morgan fingerprint density at radius 1 is 1.57 bits per heavy atom. The molecule has 0 atom stereocenters. The van der Waals surface area contributed by atoms with Crippen molar-refractivity contribution >= 4 is 0 Å². The van der Waals surface area contributed by atoms with Crippen LogP contribution in [-0.4, -0.2) is 10.7 Å². The van der Waals surface area contributed by atoms with Gasteiger partial charge in [0.05, 0.1) is 5.60 Å². The molecule has 0 amide bonds. The fourth-order valence-electron chi connectivity index (χ4n) is 0.288. The molecule has 0 aromatic rings. The van der Waals surface area contributed by atoms with Crippen LogP contribution in [0.1, 0.15) is 13.8 Å². The van der Waals surface area contributed by atoms with E-state index < -0.39 is 5.60 Å². The molecular weight excluding hydrogens is 88.1 g/mol. The molecule has 0 rings (SSSR count). The zero-order chi connectivity index (χ0) is 5.91. The third-order valence-corrected chi connectivity index (χ3v) is 0.526. The van der Waals surface area contributed by atoms with Crippen LogP contribution in [0.25, 0.3) is 0 Å². The first kappa shape index (κ1) is 6.70. The Bertz CT molecular complexity index is 66.7. The molecule has 0 aromatic carbocycles. The van der Waals surface area contributed by atoms with Gasteiger partial charge in [-0.1, -0.05) is 12.2 Å². The average Bonchev–Trinajstić information content (AvgIpc) is 1.30. The molecule has 0 bridgehead atoms. The lowest BCUT2D eigenvalue weighted by atomic mass is 10.1. The van der Waals surface area contributed by atoms with E-state index in [0.29, 0.717) is 0 Å². The van der Waals surface area contributed by atoms with Gasteiger partial charge in [-0.2, -0.15) is 0 Å². The summed E-state index contributed by atoms with van der Waals surface area (Å²) in [6.07, 6.45) is 3.22. The highest BCUT2D eigenvalue weighted by molar-refractivity contribution is 4.96. The fourth-order valence-corrected chi connectivity index (χ4v) is 0.288. The van der Waals surface area contributed by atoms with Gasteiger partial charge in [-0.15, -0.1) is 0 Å². The first-order chi connectivity index (χ1) is 3.06. The standard InChI is InChI=1S/C6H11O/c1-4-5-6(2,3)7/h4-5,7H,1H2,2-3H3/b5-4+. The molecule has 0 fully saturated rings. The van der Waals surface area contributed by atoms with Crippen molar-refractivity contribution in [1.82, 2.24) is 0 Å². The van der Waals surface area contributed by atoms with Crippen LogP contribution in [0.4, 0.5) is 0 Å². The summed E-state index contributed by atoms with van der Waals surface area (Å²) in [7, 11) is 0. The van der Waals surface area contributed by atoms with Gasteiger partial charge < -0.3 is 5.11 Å². The molecule has 41 valence electrons. The van der Waals surface area contributed by atoms with Gasteiger partial charge in [-0.25, -0.2) is 0 Å². The maximum absolute atomic E-state index is 8.89. The van der Waals surface area contributed by atoms with Crippen molar-refractivity contribution in [1.29, 1.82) is 0 Å². The Morgan fingerprint density at radius 3 is 2.00 bits per heavy atom. The van der Waals surface area contributed by atoms with E-state index >= 15 is 0 Å². The molecule has 1 radical (unpaired) electrons. The molecule has 7 heavy (non-hydrogen) atoms. The lowest BCUT2D eigenvalue weighted by molar-refractivity contribution is 0.133. The summed E-state index contributed by atoms with van der Waals surface area (Å²) in [5.74, 6) is 0. The van der Waals surface area contributed by atoms with Gasteiger partial charge in [0.2, 0.25) is 0 Å². The van der Waals surface area contributed by atoms with Crippen molar-refractivity contribution in [3.05, 3.63) is 19.1 Å². The fraction of sp³-hybridized carbons (Fsp3) is 0.500. The highest BCUT2D eigenvalue weighted by Crippen LogP contribution is 2.00. The molecule has 0 aliphatic carbocycles. The first-order valence-corrected chi connectivity index (χ1v) is 2.25. The zero-order valence-electron chi connectivity index (χ0n) is 4.81. The smallest absolute Gasteiger partial charge is 0.0771 e. The van der Waals surface area contributed by atoms with Crippen molar-refractivity contribution in [2.75, 3.05) is 0 Å². The maximum atomic E-state index is 8.89. The second kappa shape index (κ2) is 2.12. The van der Waals surface area contributed by atoms with E-state index in [1.54, 1.807) is 26.0 Å². The van der Waals surface area contributed by atoms with Gasteiger partial charge in [0, 0.05) is 0 Å². The van der Waals surface area contributed by atoms with E-state index in [1.165, 1.54) is 0 Å². The van der Waals surface area contributed by atoms with E-state index in [0.717, 1.165) is 0 Å². The lowest BCUT2D eigenvalue weighted by Crippen LogP contribution is -2.13. The lowest BCUT2D eigenvalue weighted by Gasteiger charge is -2.08. The molecule has 1 N–H and O–H groups in total. The minimum absolute atomic E-state index is 0.693. The Morgan fingerprint density at radius 2 is 2.00 bits per heavy atom. The Labute approximate surface area is 44.7 Å². The third kappa shape index (κ3) is 5.70. The number of hydrogen-bond acceptors (Lipinski definition) is 1. The monoisotopic (exact) mass is 99.1 g/mol. The SMILES string of the molecule is [CH2]/C=C/C(C)(C)O. The van der Waals surface area contributed by atoms with Crippen molar-refractivity contribution < 1.29 is 5.11 Å². The van der Waals surface area contributed by atoms with E-state index in [9.17, 15) is 0 Å². The van der Waals surface area contributed by atoms with Crippen LogP contribution in [-0.2, 0) is 0 Å². The van der Waals surface area contributed by atoms with Crippen molar-refractivity contribution in [2.45, 2.75) is 19.4 Å². The van der Waals surface area contributed by atoms with E-state index in [1.807, 2.05) is 0 Å². The largest absolute Gasteiger partial charge is 0.386 e. The van der Waals surface area contributed by atoms with Crippen LogP contribution < -0.4 is 0 Å². The van der Waals surface area contributed by atoms with Crippen molar-refractivity contribution in [2.24, 2.45) is 0 Å². The summed E-state index contributed by atoms with van der Waals surface area (Å²) in [6.45, 7) is 6.84. The van der Waals surface area contributed by atoms with Crippen LogP contribution in [0.2, 0.25) is 0 Å².